The molecule has 1 N–H and O–H groups in total. The molecule has 1 aromatic rings. The predicted molar refractivity (Wildman–Crippen MR) is 62.1 cm³/mol. The molecule has 1 saturated carbocycles. The molecule has 2 rings (SSSR count). The Hall–Kier alpha value is -0.930. The van der Waals surface area contributed by atoms with Gasteiger partial charge in [0.2, 0.25) is 0 Å². The highest BCUT2D eigenvalue weighted by molar-refractivity contribution is 5.25. The number of hydrogen-bond donors (Lipinski definition) is 1. The van der Waals surface area contributed by atoms with Gasteiger partial charge in [-0.05, 0) is 44.2 Å². The molecule has 0 saturated heterocycles. The summed E-state index contributed by atoms with van der Waals surface area (Å²) >= 11 is 0. The number of rotatable bonds is 5. The highest BCUT2D eigenvalue weighted by Crippen LogP contribution is 2.40. The van der Waals surface area contributed by atoms with Gasteiger partial charge in [-0.2, -0.15) is 0 Å². The van der Waals surface area contributed by atoms with Crippen LogP contribution in [-0.4, -0.2) is 22.8 Å². The zero-order valence-corrected chi connectivity index (χ0v) is 9.89. The lowest BCUT2D eigenvalue weighted by Crippen LogP contribution is -2.25. The van der Waals surface area contributed by atoms with E-state index in [0.717, 1.165) is 11.1 Å². The van der Waals surface area contributed by atoms with Gasteiger partial charge in [0.05, 0.1) is 6.10 Å². The largest absolute Gasteiger partial charge is 0.386 e. The molecule has 2 unspecified atom stereocenters. The molecule has 1 aliphatic rings. The molecule has 2 atom stereocenters. The third kappa shape index (κ3) is 2.42. The number of nitrogens with zero attached hydrogens (tertiary/aromatic N) is 1. The third-order valence-corrected chi connectivity index (χ3v) is 3.16. The maximum atomic E-state index is 10.3. The molecular weight excluding hydrogens is 202 g/mol. The smallest absolute Gasteiger partial charge is 0.107 e. The van der Waals surface area contributed by atoms with Crippen LogP contribution in [0.2, 0.25) is 0 Å². The van der Waals surface area contributed by atoms with E-state index in [1.165, 1.54) is 12.8 Å². The summed E-state index contributed by atoms with van der Waals surface area (Å²) in [6.45, 7) is 4.62. The van der Waals surface area contributed by atoms with Crippen LogP contribution in [0.5, 0.6) is 0 Å². The first-order valence-corrected chi connectivity index (χ1v) is 5.94. The van der Waals surface area contributed by atoms with Gasteiger partial charge in [0.1, 0.15) is 6.10 Å². The molecule has 1 aromatic heterocycles. The van der Waals surface area contributed by atoms with Crippen LogP contribution in [0.15, 0.2) is 18.5 Å². The van der Waals surface area contributed by atoms with E-state index < -0.39 is 6.10 Å². The van der Waals surface area contributed by atoms with Crippen LogP contribution in [0.25, 0.3) is 0 Å². The number of hydrogen-bond acceptors (Lipinski definition) is 3. The van der Waals surface area contributed by atoms with E-state index in [0.29, 0.717) is 12.5 Å². The average Bonchev–Trinajstić information content (AvgIpc) is 3.09. The summed E-state index contributed by atoms with van der Waals surface area (Å²) in [4.78, 5) is 4.07. The summed E-state index contributed by atoms with van der Waals surface area (Å²) in [5.41, 5.74) is 1.97. The molecule has 0 radical (unpaired) electrons. The Bertz CT molecular complexity index is 350. The van der Waals surface area contributed by atoms with Crippen molar-refractivity contribution in [2.45, 2.75) is 38.9 Å². The van der Waals surface area contributed by atoms with Gasteiger partial charge in [0.15, 0.2) is 0 Å². The van der Waals surface area contributed by atoms with Gasteiger partial charge >= 0.3 is 0 Å². The maximum absolute atomic E-state index is 10.3. The standard InChI is InChI=1S/C13H19NO2/c1-3-16-13(10-4-5-10)12(15)11-8-14-7-6-9(11)2/h6-8,10,12-13,15H,3-5H2,1-2H3. The fourth-order valence-corrected chi connectivity index (χ4v) is 2.07. The van der Waals surface area contributed by atoms with E-state index in [9.17, 15) is 5.11 Å². The molecule has 0 aromatic carbocycles. The van der Waals surface area contributed by atoms with Crippen LogP contribution >= 0.6 is 0 Å². The van der Waals surface area contributed by atoms with Gasteiger partial charge in [-0.1, -0.05) is 0 Å². The summed E-state index contributed by atoms with van der Waals surface area (Å²) in [5, 5.41) is 10.3. The van der Waals surface area contributed by atoms with Gasteiger partial charge in [-0.15, -0.1) is 0 Å². The van der Waals surface area contributed by atoms with Gasteiger partial charge in [-0.3, -0.25) is 4.98 Å². The van der Waals surface area contributed by atoms with E-state index in [1.54, 1.807) is 12.4 Å². The van der Waals surface area contributed by atoms with E-state index in [4.69, 9.17) is 4.74 Å². The lowest BCUT2D eigenvalue weighted by atomic mass is 9.99. The lowest BCUT2D eigenvalue weighted by molar-refractivity contribution is -0.0465. The molecule has 0 spiro atoms. The summed E-state index contributed by atoms with van der Waals surface area (Å²) in [6, 6.07) is 1.93. The van der Waals surface area contributed by atoms with Crippen LogP contribution in [-0.2, 0) is 4.74 Å². The van der Waals surface area contributed by atoms with E-state index in [1.807, 2.05) is 19.9 Å². The normalized spacial score (nSPS) is 19.4. The highest BCUT2D eigenvalue weighted by Gasteiger charge is 2.37. The Morgan fingerprint density at radius 3 is 2.88 bits per heavy atom. The Kier molecular flexibility index (Phi) is 3.56. The monoisotopic (exact) mass is 221 g/mol. The number of aryl methyl sites for hydroxylation is 1. The first kappa shape index (κ1) is 11.6. The lowest BCUT2D eigenvalue weighted by Gasteiger charge is -2.23. The summed E-state index contributed by atoms with van der Waals surface area (Å²) in [5.74, 6) is 0.523. The number of ether oxygens (including phenoxy) is 1. The van der Waals surface area contributed by atoms with Crippen LogP contribution in [0.3, 0.4) is 0 Å². The minimum Gasteiger partial charge on any atom is -0.386 e. The van der Waals surface area contributed by atoms with Gasteiger partial charge in [0.25, 0.3) is 0 Å². The molecule has 1 heterocycles. The molecular formula is C13H19NO2. The van der Waals surface area contributed by atoms with Crippen molar-refractivity contribution in [3.05, 3.63) is 29.6 Å². The van der Waals surface area contributed by atoms with Crippen LogP contribution in [0.1, 0.15) is 37.0 Å². The highest BCUT2D eigenvalue weighted by atomic mass is 16.5. The Morgan fingerprint density at radius 1 is 1.56 bits per heavy atom. The van der Waals surface area contributed by atoms with Crippen molar-refractivity contribution in [2.24, 2.45) is 5.92 Å². The van der Waals surface area contributed by atoms with Crippen molar-refractivity contribution in [3.8, 4) is 0 Å². The SMILES string of the molecule is CCOC(C1CC1)C(O)c1cnccc1C. The zero-order valence-electron chi connectivity index (χ0n) is 9.89. The molecule has 16 heavy (non-hydrogen) atoms. The Labute approximate surface area is 96.5 Å². The van der Waals surface area contributed by atoms with Gasteiger partial charge in [-0.25, -0.2) is 0 Å². The third-order valence-electron chi connectivity index (χ3n) is 3.16. The molecule has 0 amide bonds. The van der Waals surface area contributed by atoms with Crippen molar-refractivity contribution in [1.29, 1.82) is 0 Å². The minimum atomic E-state index is -0.541. The number of aliphatic hydroxyl groups excluding tert-OH is 1. The second-order valence-electron chi connectivity index (χ2n) is 4.43. The molecule has 0 aliphatic heterocycles. The Balaban J connectivity index is 2.15. The van der Waals surface area contributed by atoms with Gasteiger partial charge < -0.3 is 9.84 Å². The van der Waals surface area contributed by atoms with Crippen LogP contribution in [0.4, 0.5) is 0 Å². The molecule has 0 bridgehead atoms. The van der Waals surface area contributed by atoms with E-state index >= 15 is 0 Å². The van der Waals surface area contributed by atoms with Crippen molar-refractivity contribution in [3.63, 3.8) is 0 Å². The van der Waals surface area contributed by atoms with E-state index in [-0.39, 0.29) is 6.10 Å². The second kappa shape index (κ2) is 4.93. The van der Waals surface area contributed by atoms with Crippen molar-refractivity contribution in [1.82, 2.24) is 4.98 Å². The van der Waals surface area contributed by atoms with Crippen molar-refractivity contribution in [2.75, 3.05) is 6.61 Å². The molecule has 3 nitrogen and oxygen atoms in total. The van der Waals surface area contributed by atoms with Gasteiger partial charge in [0, 0.05) is 24.6 Å². The topological polar surface area (TPSA) is 42.4 Å². The molecule has 1 aliphatic carbocycles. The molecule has 1 fully saturated rings. The molecule has 3 heteroatoms. The maximum Gasteiger partial charge on any atom is 0.107 e. The zero-order chi connectivity index (χ0) is 11.5. The first-order valence-electron chi connectivity index (χ1n) is 5.94. The Morgan fingerprint density at radius 2 is 2.31 bits per heavy atom. The minimum absolute atomic E-state index is 0.0621. The fourth-order valence-electron chi connectivity index (χ4n) is 2.07. The summed E-state index contributed by atoms with van der Waals surface area (Å²) in [6.07, 6.45) is 5.23. The number of pyridine rings is 1. The predicted octanol–water partition coefficient (Wildman–Crippen LogP) is 2.24. The van der Waals surface area contributed by atoms with E-state index in [2.05, 4.69) is 4.98 Å². The van der Waals surface area contributed by atoms with Crippen LogP contribution in [0, 0.1) is 12.8 Å². The molecule has 88 valence electrons. The number of aliphatic hydroxyl groups is 1. The van der Waals surface area contributed by atoms with Crippen LogP contribution < -0.4 is 0 Å². The summed E-state index contributed by atoms with van der Waals surface area (Å²) < 4.78 is 5.66. The summed E-state index contributed by atoms with van der Waals surface area (Å²) in [7, 11) is 0. The number of aromatic nitrogens is 1. The van der Waals surface area contributed by atoms with Crippen molar-refractivity contribution >= 4 is 0 Å². The second-order valence-corrected chi connectivity index (χ2v) is 4.43. The first-order chi connectivity index (χ1) is 7.74. The van der Waals surface area contributed by atoms with Crippen molar-refractivity contribution < 1.29 is 9.84 Å². The fraction of sp³-hybridized carbons (Fsp3) is 0.615. The quantitative estimate of drug-likeness (QED) is 0.829. The average molecular weight is 221 g/mol.